The molecule has 0 bridgehead atoms. The van der Waals surface area contributed by atoms with Gasteiger partial charge in [-0.05, 0) is 30.7 Å². The van der Waals surface area contributed by atoms with Gasteiger partial charge in [-0.25, -0.2) is 4.98 Å². The van der Waals surface area contributed by atoms with Crippen LogP contribution in [-0.2, 0) is 11.3 Å². The molecule has 1 fully saturated rings. The van der Waals surface area contributed by atoms with Crippen LogP contribution < -0.4 is 4.90 Å². The molecule has 0 atom stereocenters. The minimum atomic E-state index is -0.457. The van der Waals surface area contributed by atoms with Crippen molar-refractivity contribution in [3.05, 3.63) is 62.8 Å². The van der Waals surface area contributed by atoms with Gasteiger partial charge in [0.2, 0.25) is 5.91 Å². The molecule has 2 heterocycles. The van der Waals surface area contributed by atoms with Crippen LogP contribution in [0.2, 0.25) is 5.02 Å². The maximum atomic E-state index is 12.4. The molecular formula is C17H17ClN4O3. The first-order valence-electron chi connectivity index (χ1n) is 7.82. The number of benzene rings is 1. The van der Waals surface area contributed by atoms with Crippen LogP contribution >= 0.6 is 11.6 Å². The summed E-state index contributed by atoms with van der Waals surface area (Å²) in [7, 11) is 0. The lowest BCUT2D eigenvalue weighted by Gasteiger charge is -2.35. The van der Waals surface area contributed by atoms with Gasteiger partial charge in [-0.2, -0.15) is 0 Å². The topological polar surface area (TPSA) is 79.6 Å². The molecule has 1 saturated heterocycles. The first kappa shape index (κ1) is 17.2. The molecule has 25 heavy (non-hydrogen) atoms. The number of carbonyl (C=O) groups is 1. The Morgan fingerprint density at radius 1 is 1.28 bits per heavy atom. The number of anilines is 1. The van der Waals surface area contributed by atoms with Gasteiger partial charge in [-0.15, -0.1) is 0 Å². The summed E-state index contributed by atoms with van der Waals surface area (Å²) in [4.78, 5) is 30.6. The van der Waals surface area contributed by atoms with E-state index < -0.39 is 4.92 Å². The standard InChI is InChI=1S/C17H17ClN4O3/c1-12-8-16(19-9-15(12)22(24)25)20-6-7-21(17(23)11-20)10-13-2-4-14(18)5-3-13/h2-5,8-9H,6-7,10-11H2,1H3. The van der Waals surface area contributed by atoms with Crippen molar-refractivity contribution in [2.75, 3.05) is 24.5 Å². The van der Waals surface area contributed by atoms with E-state index in [0.717, 1.165) is 5.56 Å². The van der Waals surface area contributed by atoms with E-state index in [1.807, 2.05) is 17.0 Å². The Morgan fingerprint density at radius 3 is 2.60 bits per heavy atom. The third-order valence-corrected chi connectivity index (χ3v) is 4.45. The number of nitrogens with zero attached hydrogens (tertiary/aromatic N) is 4. The van der Waals surface area contributed by atoms with Gasteiger partial charge in [-0.3, -0.25) is 14.9 Å². The molecule has 0 radical (unpaired) electrons. The number of amides is 1. The van der Waals surface area contributed by atoms with Crippen molar-refractivity contribution in [2.24, 2.45) is 0 Å². The number of hydrogen-bond acceptors (Lipinski definition) is 5. The summed E-state index contributed by atoms with van der Waals surface area (Å²) >= 11 is 5.88. The zero-order valence-electron chi connectivity index (χ0n) is 13.7. The minimum Gasteiger partial charge on any atom is -0.346 e. The van der Waals surface area contributed by atoms with Crippen LogP contribution in [0.25, 0.3) is 0 Å². The second-order valence-corrected chi connectivity index (χ2v) is 6.39. The van der Waals surface area contributed by atoms with Crippen molar-refractivity contribution >= 4 is 29.0 Å². The lowest BCUT2D eigenvalue weighted by Crippen LogP contribution is -2.50. The molecule has 0 unspecified atom stereocenters. The third kappa shape index (κ3) is 3.88. The van der Waals surface area contributed by atoms with E-state index in [0.29, 0.717) is 36.0 Å². The largest absolute Gasteiger partial charge is 0.346 e. The summed E-state index contributed by atoms with van der Waals surface area (Å²) in [6.45, 7) is 3.61. The summed E-state index contributed by atoms with van der Waals surface area (Å²) in [6.07, 6.45) is 1.25. The summed E-state index contributed by atoms with van der Waals surface area (Å²) in [5.41, 5.74) is 1.54. The molecule has 2 aromatic rings. The van der Waals surface area contributed by atoms with Crippen LogP contribution in [0.4, 0.5) is 11.5 Å². The fourth-order valence-corrected chi connectivity index (χ4v) is 2.91. The van der Waals surface area contributed by atoms with Gasteiger partial charge in [0.25, 0.3) is 5.69 Å². The molecule has 130 valence electrons. The summed E-state index contributed by atoms with van der Waals surface area (Å²) < 4.78 is 0. The number of nitro groups is 1. The molecule has 1 aliphatic heterocycles. The van der Waals surface area contributed by atoms with Gasteiger partial charge in [0, 0.05) is 30.2 Å². The Kier molecular flexibility index (Phi) is 4.85. The second kappa shape index (κ2) is 7.06. The summed E-state index contributed by atoms with van der Waals surface area (Å²) in [5.74, 6) is 0.585. The number of piperazine rings is 1. The highest BCUT2D eigenvalue weighted by molar-refractivity contribution is 6.30. The maximum Gasteiger partial charge on any atom is 0.290 e. The van der Waals surface area contributed by atoms with Gasteiger partial charge < -0.3 is 9.80 Å². The second-order valence-electron chi connectivity index (χ2n) is 5.95. The Morgan fingerprint density at radius 2 is 2.00 bits per heavy atom. The average molecular weight is 361 g/mol. The third-order valence-electron chi connectivity index (χ3n) is 4.19. The molecule has 0 N–H and O–H groups in total. The number of carbonyl (C=O) groups excluding carboxylic acids is 1. The van der Waals surface area contributed by atoms with Crippen LogP contribution in [0.3, 0.4) is 0 Å². The molecule has 1 aromatic heterocycles. The smallest absolute Gasteiger partial charge is 0.290 e. The number of halogens is 1. The van der Waals surface area contributed by atoms with Crippen molar-refractivity contribution < 1.29 is 9.72 Å². The van der Waals surface area contributed by atoms with E-state index in [2.05, 4.69) is 4.98 Å². The number of rotatable bonds is 4. The molecule has 0 aliphatic carbocycles. The van der Waals surface area contributed by atoms with Crippen molar-refractivity contribution in [1.82, 2.24) is 9.88 Å². The monoisotopic (exact) mass is 360 g/mol. The zero-order valence-corrected chi connectivity index (χ0v) is 14.4. The lowest BCUT2D eigenvalue weighted by molar-refractivity contribution is -0.385. The number of pyridine rings is 1. The maximum absolute atomic E-state index is 12.4. The number of aromatic nitrogens is 1. The van der Waals surface area contributed by atoms with E-state index in [1.165, 1.54) is 6.20 Å². The van der Waals surface area contributed by atoms with Crippen LogP contribution in [0.15, 0.2) is 36.5 Å². The Bertz CT molecular complexity index is 810. The lowest BCUT2D eigenvalue weighted by atomic mass is 10.2. The highest BCUT2D eigenvalue weighted by Crippen LogP contribution is 2.23. The molecular weight excluding hydrogens is 344 g/mol. The Labute approximate surface area is 150 Å². The van der Waals surface area contributed by atoms with Gasteiger partial charge in [0.05, 0.1) is 11.5 Å². The van der Waals surface area contributed by atoms with Gasteiger partial charge >= 0.3 is 0 Å². The average Bonchev–Trinajstić information content (AvgIpc) is 2.58. The SMILES string of the molecule is Cc1cc(N2CCN(Cc3ccc(Cl)cc3)C(=O)C2)ncc1[N+](=O)[O-]. The predicted octanol–water partition coefficient (Wildman–Crippen LogP) is 2.80. The van der Waals surface area contributed by atoms with E-state index in [1.54, 1.807) is 30.0 Å². The normalized spacial score (nSPS) is 14.7. The highest BCUT2D eigenvalue weighted by Gasteiger charge is 2.25. The quantitative estimate of drug-likeness (QED) is 0.618. The van der Waals surface area contributed by atoms with E-state index in [9.17, 15) is 14.9 Å². The molecule has 1 amide bonds. The van der Waals surface area contributed by atoms with Gasteiger partial charge in [-0.1, -0.05) is 23.7 Å². The first-order valence-corrected chi connectivity index (χ1v) is 8.20. The van der Waals surface area contributed by atoms with Crippen molar-refractivity contribution in [2.45, 2.75) is 13.5 Å². The Hall–Kier alpha value is -2.67. The molecule has 7 nitrogen and oxygen atoms in total. The van der Waals surface area contributed by atoms with Gasteiger partial charge in [0.15, 0.2) is 0 Å². The zero-order chi connectivity index (χ0) is 18.0. The predicted molar refractivity (Wildman–Crippen MR) is 94.7 cm³/mol. The highest BCUT2D eigenvalue weighted by atomic mass is 35.5. The molecule has 0 saturated carbocycles. The fourth-order valence-electron chi connectivity index (χ4n) is 2.78. The van der Waals surface area contributed by atoms with Crippen molar-refractivity contribution in [1.29, 1.82) is 0 Å². The number of aryl methyl sites for hydroxylation is 1. The first-order chi connectivity index (χ1) is 11.9. The van der Waals surface area contributed by atoms with Crippen LogP contribution in [0, 0.1) is 17.0 Å². The number of hydrogen-bond donors (Lipinski definition) is 0. The van der Waals surface area contributed by atoms with Crippen molar-refractivity contribution in [3.63, 3.8) is 0 Å². The van der Waals surface area contributed by atoms with E-state index in [4.69, 9.17) is 11.6 Å². The van der Waals surface area contributed by atoms with Crippen LogP contribution in [-0.4, -0.2) is 40.3 Å². The molecule has 1 aliphatic rings. The van der Waals surface area contributed by atoms with E-state index >= 15 is 0 Å². The fraction of sp³-hybridized carbons (Fsp3) is 0.294. The summed E-state index contributed by atoms with van der Waals surface area (Å²) in [5, 5.41) is 11.5. The van der Waals surface area contributed by atoms with Gasteiger partial charge in [0.1, 0.15) is 12.0 Å². The molecule has 3 rings (SSSR count). The minimum absolute atomic E-state index is 0.000921. The van der Waals surface area contributed by atoms with Crippen LogP contribution in [0.1, 0.15) is 11.1 Å². The summed E-state index contributed by atoms with van der Waals surface area (Å²) in [6, 6.07) is 9.08. The van der Waals surface area contributed by atoms with Crippen LogP contribution in [0.5, 0.6) is 0 Å². The molecule has 8 heteroatoms. The van der Waals surface area contributed by atoms with E-state index in [-0.39, 0.29) is 18.1 Å². The Balaban J connectivity index is 1.67. The molecule has 1 aromatic carbocycles. The van der Waals surface area contributed by atoms with Crippen molar-refractivity contribution in [3.8, 4) is 0 Å². The molecule has 0 spiro atoms.